The molecule has 1 aliphatic heterocycles. The Hall–Kier alpha value is -2.86. The van der Waals surface area contributed by atoms with Gasteiger partial charge in [0.25, 0.3) is 0 Å². The largest absolute Gasteiger partial charge is 0.457 e. The summed E-state index contributed by atoms with van der Waals surface area (Å²) in [5, 5.41) is 5.92. The number of ether oxygens (including phenoxy) is 1. The van der Waals surface area contributed by atoms with Crippen LogP contribution in [0.25, 0.3) is 0 Å². The molecule has 1 heterocycles. The van der Waals surface area contributed by atoms with Crippen LogP contribution in [0.5, 0.6) is 11.5 Å². The molecule has 0 bridgehead atoms. The standard InChI is InChI=1S/C22H27N3O3/c1-16(25-14-6-7-19(15-25)23-17(2)26)22(27)24-18-10-12-21(13-11-18)28-20-8-4-3-5-9-20/h3-5,8-13,16,19H,6-7,14-15H2,1-2H3,(H,23,26)(H,24,27). The zero-order valence-electron chi connectivity index (χ0n) is 16.4. The van der Waals surface area contributed by atoms with Crippen molar-refractivity contribution in [3.8, 4) is 11.5 Å². The summed E-state index contributed by atoms with van der Waals surface area (Å²) in [7, 11) is 0. The van der Waals surface area contributed by atoms with Gasteiger partial charge >= 0.3 is 0 Å². The fraction of sp³-hybridized carbons (Fsp3) is 0.364. The second-order valence-corrected chi connectivity index (χ2v) is 7.14. The van der Waals surface area contributed by atoms with Gasteiger partial charge in [-0.25, -0.2) is 0 Å². The van der Waals surface area contributed by atoms with Crippen molar-refractivity contribution in [1.82, 2.24) is 10.2 Å². The van der Waals surface area contributed by atoms with Crippen LogP contribution in [0.15, 0.2) is 54.6 Å². The molecule has 0 radical (unpaired) electrons. The van der Waals surface area contributed by atoms with Crippen molar-refractivity contribution in [3.63, 3.8) is 0 Å². The van der Waals surface area contributed by atoms with E-state index >= 15 is 0 Å². The molecule has 1 saturated heterocycles. The van der Waals surface area contributed by atoms with Gasteiger partial charge in [0.15, 0.2) is 0 Å². The van der Waals surface area contributed by atoms with Crippen LogP contribution in [0, 0.1) is 0 Å². The normalized spacial score (nSPS) is 18.1. The maximum absolute atomic E-state index is 12.6. The molecule has 1 aliphatic rings. The Labute approximate surface area is 165 Å². The van der Waals surface area contributed by atoms with E-state index in [9.17, 15) is 9.59 Å². The second kappa shape index (κ2) is 9.37. The van der Waals surface area contributed by atoms with Crippen LogP contribution in [0.1, 0.15) is 26.7 Å². The van der Waals surface area contributed by atoms with Gasteiger partial charge in [0.2, 0.25) is 11.8 Å². The number of carbonyl (C=O) groups is 2. The van der Waals surface area contributed by atoms with Gasteiger partial charge < -0.3 is 15.4 Å². The number of para-hydroxylation sites is 1. The Morgan fingerprint density at radius 3 is 2.43 bits per heavy atom. The lowest BCUT2D eigenvalue weighted by atomic mass is 10.0. The molecule has 2 atom stereocenters. The first-order valence-electron chi connectivity index (χ1n) is 9.66. The Morgan fingerprint density at radius 1 is 1.07 bits per heavy atom. The van der Waals surface area contributed by atoms with E-state index in [0.29, 0.717) is 12.3 Å². The third-order valence-corrected chi connectivity index (χ3v) is 4.89. The van der Waals surface area contributed by atoms with Crippen LogP contribution in [0.3, 0.4) is 0 Å². The summed E-state index contributed by atoms with van der Waals surface area (Å²) < 4.78 is 5.77. The summed E-state index contributed by atoms with van der Waals surface area (Å²) in [6, 6.07) is 16.7. The van der Waals surface area contributed by atoms with Crippen molar-refractivity contribution in [3.05, 3.63) is 54.6 Å². The fourth-order valence-corrected chi connectivity index (χ4v) is 3.41. The maximum atomic E-state index is 12.6. The average Bonchev–Trinajstić information content (AvgIpc) is 2.69. The number of hydrogen-bond donors (Lipinski definition) is 2. The first kappa shape index (κ1) is 19.9. The van der Waals surface area contributed by atoms with E-state index in [-0.39, 0.29) is 23.9 Å². The molecule has 2 N–H and O–H groups in total. The smallest absolute Gasteiger partial charge is 0.241 e. The second-order valence-electron chi connectivity index (χ2n) is 7.14. The molecule has 0 aliphatic carbocycles. The molecule has 2 amide bonds. The predicted octanol–water partition coefficient (Wildman–Crippen LogP) is 3.41. The van der Waals surface area contributed by atoms with Crippen molar-refractivity contribution in [2.45, 2.75) is 38.8 Å². The van der Waals surface area contributed by atoms with Gasteiger partial charge in [-0.05, 0) is 62.7 Å². The van der Waals surface area contributed by atoms with E-state index in [1.54, 1.807) is 0 Å². The molecule has 0 saturated carbocycles. The van der Waals surface area contributed by atoms with Crippen molar-refractivity contribution in [1.29, 1.82) is 0 Å². The number of hydrogen-bond acceptors (Lipinski definition) is 4. The Balaban J connectivity index is 1.54. The molecule has 3 rings (SSSR count). The number of carbonyl (C=O) groups excluding carboxylic acids is 2. The molecule has 28 heavy (non-hydrogen) atoms. The summed E-state index contributed by atoms with van der Waals surface area (Å²) in [6.07, 6.45) is 1.92. The van der Waals surface area contributed by atoms with Crippen LogP contribution in [0.2, 0.25) is 0 Å². The zero-order chi connectivity index (χ0) is 19.9. The van der Waals surface area contributed by atoms with E-state index in [4.69, 9.17) is 4.74 Å². The minimum Gasteiger partial charge on any atom is -0.457 e. The SMILES string of the molecule is CC(=O)NC1CCCN(C(C)C(=O)Nc2ccc(Oc3ccccc3)cc2)C1. The van der Waals surface area contributed by atoms with Crippen LogP contribution < -0.4 is 15.4 Å². The van der Waals surface area contributed by atoms with Gasteiger partial charge in [-0.15, -0.1) is 0 Å². The molecule has 0 spiro atoms. The summed E-state index contributed by atoms with van der Waals surface area (Å²) in [6.45, 7) is 4.98. The van der Waals surface area contributed by atoms with Crippen molar-refractivity contribution in [2.24, 2.45) is 0 Å². The quantitative estimate of drug-likeness (QED) is 0.805. The molecular weight excluding hydrogens is 354 g/mol. The van der Waals surface area contributed by atoms with E-state index in [1.807, 2.05) is 61.5 Å². The van der Waals surface area contributed by atoms with Gasteiger partial charge in [-0.2, -0.15) is 0 Å². The number of rotatable bonds is 6. The molecule has 1 fully saturated rings. The molecule has 2 unspecified atom stereocenters. The summed E-state index contributed by atoms with van der Waals surface area (Å²) in [4.78, 5) is 26.0. The zero-order valence-corrected chi connectivity index (χ0v) is 16.4. The highest BCUT2D eigenvalue weighted by atomic mass is 16.5. The van der Waals surface area contributed by atoms with Gasteiger partial charge in [0.05, 0.1) is 6.04 Å². The number of likely N-dealkylation sites (tertiary alicyclic amines) is 1. The van der Waals surface area contributed by atoms with Crippen LogP contribution in [-0.4, -0.2) is 41.9 Å². The molecular formula is C22H27N3O3. The maximum Gasteiger partial charge on any atom is 0.241 e. The van der Waals surface area contributed by atoms with E-state index in [2.05, 4.69) is 15.5 Å². The van der Waals surface area contributed by atoms with Crippen LogP contribution in [-0.2, 0) is 9.59 Å². The molecule has 148 valence electrons. The number of amides is 2. The molecule has 0 aromatic heterocycles. The highest BCUT2D eigenvalue weighted by molar-refractivity contribution is 5.94. The summed E-state index contributed by atoms with van der Waals surface area (Å²) in [5.74, 6) is 1.40. The third-order valence-electron chi connectivity index (χ3n) is 4.89. The molecule has 2 aromatic carbocycles. The number of benzene rings is 2. The van der Waals surface area contributed by atoms with E-state index < -0.39 is 0 Å². The minimum absolute atomic E-state index is 0.0261. The number of nitrogens with zero attached hydrogens (tertiary/aromatic N) is 1. The number of nitrogens with one attached hydrogen (secondary N) is 2. The topological polar surface area (TPSA) is 70.7 Å². The van der Waals surface area contributed by atoms with E-state index in [0.717, 1.165) is 30.8 Å². The van der Waals surface area contributed by atoms with Crippen molar-refractivity contribution >= 4 is 17.5 Å². The lowest BCUT2D eigenvalue weighted by Gasteiger charge is -2.36. The van der Waals surface area contributed by atoms with Gasteiger partial charge in [-0.1, -0.05) is 18.2 Å². The molecule has 6 heteroatoms. The van der Waals surface area contributed by atoms with E-state index in [1.165, 1.54) is 6.92 Å². The van der Waals surface area contributed by atoms with Crippen LogP contribution >= 0.6 is 0 Å². The third kappa shape index (κ3) is 5.57. The lowest BCUT2D eigenvalue weighted by Crippen LogP contribution is -2.52. The monoisotopic (exact) mass is 381 g/mol. The number of anilines is 1. The highest BCUT2D eigenvalue weighted by Crippen LogP contribution is 2.23. The first-order chi connectivity index (χ1) is 13.5. The first-order valence-corrected chi connectivity index (χ1v) is 9.66. The summed E-state index contributed by atoms with van der Waals surface area (Å²) >= 11 is 0. The van der Waals surface area contributed by atoms with Gasteiger partial charge in [-0.3, -0.25) is 14.5 Å². The predicted molar refractivity (Wildman–Crippen MR) is 109 cm³/mol. The lowest BCUT2D eigenvalue weighted by molar-refractivity contribution is -0.121. The Bertz CT molecular complexity index is 792. The fourth-order valence-electron chi connectivity index (χ4n) is 3.41. The van der Waals surface area contributed by atoms with Gasteiger partial charge in [0.1, 0.15) is 11.5 Å². The number of piperidine rings is 1. The Kier molecular flexibility index (Phi) is 6.66. The molecule has 2 aromatic rings. The highest BCUT2D eigenvalue weighted by Gasteiger charge is 2.27. The van der Waals surface area contributed by atoms with Crippen molar-refractivity contribution in [2.75, 3.05) is 18.4 Å². The Morgan fingerprint density at radius 2 is 1.75 bits per heavy atom. The minimum atomic E-state index is -0.267. The van der Waals surface area contributed by atoms with Gasteiger partial charge in [0, 0.05) is 25.2 Å². The average molecular weight is 381 g/mol. The van der Waals surface area contributed by atoms with Crippen molar-refractivity contribution < 1.29 is 14.3 Å². The molecule has 6 nitrogen and oxygen atoms in total. The summed E-state index contributed by atoms with van der Waals surface area (Å²) in [5.41, 5.74) is 0.729. The van der Waals surface area contributed by atoms with Crippen LogP contribution in [0.4, 0.5) is 5.69 Å².